The molecule has 0 aliphatic heterocycles. The monoisotopic (exact) mass is 397 g/mol. The summed E-state index contributed by atoms with van der Waals surface area (Å²) in [5.74, 6) is -0.185. The Morgan fingerprint density at radius 1 is 0.833 bits per heavy atom. The second kappa shape index (κ2) is 8.87. The number of para-hydroxylation sites is 2. The standard InChI is InChI=1S/C24H19N3O3/c28-22(27(20-7-3-1-4-8-20)21-9-5-2-6-10-21)17-30-24(29)19-13-11-18(12-14-19)23-25-15-16-26-23/h1-16H,17H2,(H,25,26). The molecule has 0 atom stereocenters. The molecule has 1 N–H and O–H groups in total. The predicted molar refractivity (Wildman–Crippen MR) is 114 cm³/mol. The van der Waals surface area contributed by atoms with E-state index in [-0.39, 0.29) is 12.5 Å². The number of anilines is 2. The van der Waals surface area contributed by atoms with Crippen LogP contribution in [0.3, 0.4) is 0 Å². The summed E-state index contributed by atoms with van der Waals surface area (Å²) in [6.45, 7) is -0.372. The number of carbonyl (C=O) groups is 2. The van der Waals surface area contributed by atoms with Gasteiger partial charge in [0.05, 0.1) is 5.56 Å². The molecule has 4 aromatic rings. The van der Waals surface area contributed by atoms with Crippen molar-refractivity contribution in [3.63, 3.8) is 0 Å². The maximum absolute atomic E-state index is 12.9. The molecule has 30 heavy (non-hydrogen) atoms. The number of carbonyl (C=O) groups excluding carboxylic acids is 2. The largest absolute Gasteiger partial charge is 0.452 e. The maximum atomic E-state index is 12.9. The molecule has 0 radical (unpaired) electrons. The first kappa shape index (κ1) is 19.1. The molecule has 3 aromatic carbocycles. The topological polar surface area (TPSA) is 75.3 Å². The number of benzene rings is 3. The van der Waals surface area contributed by atoms with Gasteiger partial charge in [-0.15, -0.1) is 0 Å². The van der Waals surface area contributed by atoms with Gasteiger partial charge >= 0.3 is 5.97 Å². The highest BCUT2D eigenvalue weighted by Crippen LogP contribution is 2.25. The number of H-pyrrole nitrogens is 1. The number of nitrogens with zero attached hydrogens (tertiary/aromatic N) is 2. The number of hydrogen-bond donors (Lipinski definition) is 1. The van der Waals surface area contributed by atoms with Gasteiger partial charge in [0.15, 0.2) is 6.61 Å². The lowest BCUT2D eigenvalue weighted by Gasteiger charge is -2.22. The molecule has 0 aliphatic rings. The van der Waals surface area contributed by atoms with Crippen LogP contribution >= 0.6 is 0 Å². The van der Waals surface area contributed by atoms with Crippen molar-refractivity contribution in [3.05, 3.63) is 103 Å². The molecule has 0 saturated heterocycles. The van der Waals surface area contributed by atoms with Crippen LogP contribution in [-0.4, -0.2) is 28.5 Å². The third-order valence-corrected chi connectivity index (χ3v) is 4.50. The molecule has 0 saturated carbocycles. The average molecular weight is 397 g/mol. The zero-order valence-corrected chi connectivity index (χ0v) is 16.1. The number of rotatable bonds is 6. The molecule has 0 fully saturated rings. The lowest BCUT2D eigenvalue weighted by atomic mass is 10.1. The number of nitrogens with one attached hydrogen (secondary N) is 1. The van der Waals surface area contributed by atoms with E-state index in [2.05, 4.69) is 9.97 Å². The van der Waals surface area contributed by atoms with Crippen LogP contribution in [0.25, 0.3) is 11.4 Å². The SMILES string of the molecule is O=C(OCC(=O)N(c1ccccc1)c1ccccc1)c1ccc(-c2ncc[nH]2)cc1. The van der Waals surface area contributed by atoms with Crippen LogP contribution in [-0.2, 0) is 9.53 Å². The Hall–Kier alpha value is -4.19. The minimum absolute atomic E-state index is 0.340. The molecule has 1 heterocycles. The number of aromatic amines is 1. The normalized spacial score (nSPS) is 10.4. The van der Waals surface area contributed by atoms with Crippen molar-refractivity contribution >= 4 is 23.3 Å². The Bertz CT molecular complexity index is 1070. The molecule has 148 valence electrons. The van der Waals surface area contributed by atoms with Crippen LogP contribution in [0, 0.1) is 0 Å². The van der Waals surface area contributed by atoms with Crippen molar-refractivity contribution in [2.75, 3.05) is 11.5 Å². The molecule has 1 aromatic heterocycles. The maximum Gasteiger partial charge on any atom is 0.338 e. The summed E-state index contributed by atoms with van der Waals surface area (Å²) < 4.78 is 5.29. The fraction of sp³-hybridized carbons (Fsp3) is 0.0417. The van der Waals surface area contributed by atoms with E-state index in [9.17, 15) is 9.59 Å². The Morgan fingerprint density at radius 2 is 1.43 bits per heavy atom. The van der Waals surface area contributed by atoms with Crippen LogP contribution in [0.5, 0.6) is 0 Å². The Kier molecular flexibility index (Phi) is 5.66. The summed E-state index contributed by atoms with van der Waals surface area (Å²) in [7, 11) is 0. The van der Waals surface area contributed by atoms with Gasteiger partial charge in [-0.05, 0) is 36.4 Å². The molecule has 0 unspecified atom stereocenters. The summed E-state index contributed by atoms with van der Waals surface area (Å²) in [6, 6.07) is 25.3. The molecule has 0 spiro atoms. The third kappa shape index (κ3) is 4.28. The van der Waals surface area contributed by atoms with Gasteiger partial charge in [0, 0.05) is 29.3 Å². The van der Waals surface area contributed by atoms with E-state index >= 15 is 0 Å². The minimum atomic E-state index is -0.560. The third-order valence-electron chi connectivity index (χ3n) is 4.50. The highest BCUT2D eigenvalue weighted by atomic mass is 16.5. The summed E-state index contributed by atoms with van der Waals surface area (Å²) >= 11 is 0. The molecule has 6 nitrogen and oxygen atoms in total. The number of esters is 1. The molecule has 1 amide bonds. The smallest absolute Gasteiger partial charge is 0.338 e. The van der Waals surface area contributed by atoms with E-state index in [4.69, 9.17) is 4.74 Å². The van der Waals surface area contributed by atoms with Crippen molar-refractivity contribution in [1.29, 1.82) is 0 Å². The molecule has 0 aliphatic carbocycles. The van der Waals surface area contributed by atoms with Crippen LogP contribution in [0.2, 0.25) is 0 Å². The first-order valence-corrected chi connectivity index (χ1v) is 9.42. The number of ether oxygens (including phenoxy) is 1. The summed E-state index contributed by atoms with van der Waals surface area (Å²) in [5.41, 5.74) is 2.62. The van der Waals surface area contributed by atoms with E-state index < -0.39 is 5.97 Å². The van der Waals surface area contributed by atoms with Crippen LogP contribution in [0.4, 0.5) is 11.4 Å². The highest BCUT2D eigenvalue weighted by molar-refractivity contribution is 6.02. The van der Waals surface area contributed by atoms with Gasteiger partial charge in [-0.3, -0.25) is 9.69 Å². The van der Waals surface area contributed by atoms with Gasteiger partial charge < -0.3 is 9.72 Å². The van der Waals surface area contributed by atoms with Crippen molar-refractivity contribution < 1.29 is 14.3 Å². The van der Waals surface area contributed by atoms with Crippen LogP contribution < -0.4 is 4.90 Å². The Labute approximate surface area is 173 Å². The van der Waals surface area contributed by atoms with E-state index in [0.29, 0.717) is 22.8 Å². The van der Waals surface area contributed by atoms with Crippen molar-refractivity contribution in [2.45, 2.75) is 0 Å². The number of aromatic nitrogens is 2. The second-order valence-electron chi connectivity index (χ2n) is 6.49. The van der Waals surface area contributed by atoms with E-state index in [0.717, 1.165) is 5.56 Å². The van der Waals surface area contributed by atoms with E-state index in [1.165, 1.54) is 4.90 Å². The minimum Gasteiger partial charge on any atom is -0.452 e. The lowest BCUT2D eigenvalue weighted by Crippen LogP contribution is -2.30. The van der Waals surface area contributed by atoms with Gasteiger partial charge in [0.25, 0.3) is 5.91 Å². The first-order valence-electron chi connectivity index (χ1n) is 9.42. The number of amides is 1. The van der Waals surface area contributed by atoms with Crippen molar-refractivity contribution in [1.82, 2.24) is 9.97 Å². The summed E-state index contributed by atoms with van der Waals surface area (Å²) in [5, 5.41) is 0. The molecule has 4 rings (SSSR count). The fourth-order valence-corrected chi connectivity index (χ4v) is 3.05. The van der Waals surface area contributed by atoms with Gasteiger partial charge in [0.1, 0.15) is 5.82 Å². The molecular formula is C24H19N3O3. The predicted octanol–water partition coefficient (Wildman–Crippen LogP) is 4.60. The molecule has 6 heteroatoms. The average Bonchev–Trinajstić information content (AvgIpc) is 3.34. The number of hydrogen-bond acceptors (Lipinski definition) is 4. The zero-order chi connectivity index (χ0) is 20.8. The highest BCUT2D eigenvalue weighted by Gasteiger charge is 2.20. The lowest BCUT2D eigenvalue weighted by molar-refractivity contribution is -0.120. The Morgan fingerprint density at radius 3 is 1.97 bits per heavy atom. The second-order valence-corrected chi connectivity index (χ2v) is 6.49. The van der Waals surface area contributed by atoms with Crippen LogP contribution in [0.15, 0.2) is 97.3 Å². The molecule has 0 bridgehead atoms. The van der Waals surface area contributed by atoms with E-state index in [1.807, 2.05) is 60.7 Å². The van der Waals surface area contributed by atoms with Gasteiger partial charge in [-0.25, -0.2) is 9.78 Å². The number of imidazole rings is 1. The Balaban J connectivity index is 1.46. The first-order chi connectivity index (χ1) is 14.7. The van der Waals surface area contributed by atoms with Crippen LogP contribution in [0.1, 0.15) is 10.4 Å². The summed E-state index contributed by atoms with van der Waals surface area (Å²) in [4.78, 5) is 34.1. The van der Waals surface area contributed by atoms with Crippen molar-refractivity contribution in [2.24, 2.45) is 0 Å². The summed E-state index contributed by atoms with van der Waals surface area (Å²) in [6.07, 6.45) is 3.39. The quantitative estimate of drug-likeness (QED) is 0.483. The van der Waals surface area contributed by atoms with Gasteiger partial charge in [0.2, 0.25) is 0 Å². The van der Waals surface area contributed by atoms with Gasteiger partial charge in [-0.2, -0.15) is 0 Å². The zero-order valence-electron chi connectivity index (χ0n) is 16.1. The van der Waals surface area contributed by atoms with Gasteiger partial charge in [-0.1, -0.05) is 48.5 Å². The van der Waals surface area contributed by atoms with E-state index in [1.54, 1.807) is 36.7 Å². The fourth-order valence-electron chi connectivity index (χ4n) is 3.05. The van der Waals surface area contributed by atoms with Crippen molar-refractivity contribution in [3.8, 4) is 11.4 Å². The molecular weight excluding hydrogens is 378 g/mol.